The number of nitrogen functional groups attached to an aromatic ring is 1. The van der Waals surface area contributed by atoms with Crippen LogP contribution in [0, 0.1) is 0 Å². The number of H-pyrrole nitrogens is 1. The number of ketones is 1. The number of carbonyl (C=O) groups excluding carboxylic acids is 4. The number of hydrogen-bond donors (Lipinski definition) is 6. The van der Waals surface area contributed by atoms with Gasteiger partial charge < -0.3 is 31.7 Å². The average Bonchev–Trinajstić information content (AvgIpc) is 3.63. The third kappa shape index (κ3) is 9.73. The molecule has 1 aliphatic rings. The lowest BCUT2D eigenvalue weighted by Crippen LogP contribution is -2.41. The number of nitrogens with one attached hydrogen (secondary N) is 4. The number of aromatic nitrogens is 7. The summed E-state index contributed by atoms with van der Waals surface area (Å²) in [5, 5.41) is 26.8. The summed E-state index contributed by atoms with van der Waals surface area (Å²) in [5.41, 5.74) is 11.3. The molecule has 6 aromatic rings. The van der Waals surface area contributed by atoms with Crippen molar-refractivity contribution in [1.82, 2.24) is 45.6 Å². The first-order chi connectivity index (χ1) is 29.4. The van der Waals surface area contributed by atoms with E-state index in [1.54, 1.807) is 21.7 Å². The molecule has 19 heteroatoms. The number of rotatable bonds is 16. The van der Waals surface area contributed by atoms with Gasteiger partial charge in [0.25, 0.3) is 11.5 Å². The van der Waals surface area contributed by atoms with Crippen molar-refractivity contribution in [3.63, 3.8) is 0 Å². The molecule has 312 valence electrons. The zero-order chi connectivity index (χ0) is 43.0. The smallest absolute Gasteiger partial charge is 0.326 e. The molecule has 7 N–H and O–H groups in total. The fourth-order valence-corrected chi connectivity index (χ4v) is 6.99. The van der Waals surface area contributed by atoms with E-state index in [0.717, 1.165) is 28.1 Å². The molecule has 3 aromatic carbocycles. The lowest BCUT2D eigenvalue weighted by molar-refractivity contribution is -0.139. The maximum absolute atomic E-state index is 13.7. The highest BCUT2D eigenvalue weighted by Crippen LogP contribution is 2.40. The van der Waals surface area contributed by atoms with Crippen molar-refractivity contribution in [1.29, 1.82) is 0 Å². The molecule has 0 bridgehead atoms. The number of benzene rings is 3. The molecule has 0 fully saturated rings. The SMILES string of the molecule is Cn1nnc2c1-c1ccccc1N(C(=O)CCC(=O)NCCCC(=O)CC[C@H](NC(=O)c1ccc(NCc3cnc4nc(N)[nH]c(=O)c4n3)cc1)C(=O)O)Cc1ccccc1-2. The van der Waals surface area contributed by atoms with Crippen LogP contribution in [0.1, 0.15) is 60.1 Å². The molecule has 0 saturated heterocycles. The Labute approximate surface area is 347 Å². The van der Waals surface area contributed by atoms with Gasteiger partial charge in [0, 0.05) is 61.7 Å². The Morgan fingerprint density at radius 3 is 2.46 bits per heavy atom. The number of para-hydroxylation sites is 1. The van der Waals surface area contributed by atoms with E-state index in [4.69, 9.17) is 5.73 Å². The van der Waals surface area contributed by atoms with Crippen LogP contribution in [0.2, 0.25) is 0 Å². The van der Waals surface area contributed by atoms with Crippen molar-refractivity contribution < 1.29 is 29.1 Å². The van der Waals surface area contributed by atoms with E-state index in [1.165, 1.54) is 18.3 Å². The maximum Gasteiger partial charge on any atom is 0.326 e. The number of nitrogens with two attached hydrogens (primary N) is 1. The summed E-state index contributed by atoms with van der Waals surface area (Å²) < 4.78 is 1.69. The first-order valence-electron chi connectivity index (χ1n) is 19.5. The number of nitrogens with zero attached hydrogens (tertiary/aromatic N) is 7. The summed E-state index contributed by atoms with van der Waals surface area (Å²) >= 11 is 0. The van der Waals surface area contributed by atoms with Gasteiger partial charge in [0.05, 0.1) is 36.4 Å². The number of anilines is 3. The minimum absolute atomic E-state index is 0.0397. The van der Waals surface area contributed by atoms with Crippen LogP contribution in [0.25, 0.3) is 33.7 Å². The summed E-state index contributed by atoms with van der Waals surface area (Å²) in [6.45, 7) is 0.691. The highest BCUT2D eigenvalue weighted by atomic mass is 16.4. The van der Waals surface area contributed by atoms with Crippen molar-refractivity contribution in [2.75, 3.05) is 22.5 Å². The summed E-state index contributed by atoms with van der Waals surface area (Å²) in [4.78, 5) is 92.5. The summed E-state index contributed by atoms with van der Waals surface area (Å²) in [5.74, 6) is -2.75. The quantitative estimate of drug-likeness (QED) is 0.0766. The number of amides is 3. The molecule has 0 radical (unpaired) electrons. The third-order valence-corrected chi connectivity index (χ3v) is 10.1. The monoisotopic (exact) mass is 826 g/mol. The molecule has 0 aliphatic carbocycles. The normalized spacial score (nSPS) is 12.2. The molecule has 7 rings (SSSR count). The molecule has 61 heavy (non-hydrogen) atoms. The van der Waals surface area contributed by atoms with Gasteiger partial charge in [-0.25, -0.2) is 19.4 Å². The third-order valence-electron chi connectivity index (χ3n) is 10.1. The molecule has 0 spiro atoms. The molecule has 3 amide bonds. The lowest BCUT2D eigenvalue weighted by atomic mass is 9.95. The lowest BCUT2D eigenvalue weighted by Gasteiger charge is -2.28. The fraction of sp³-hybridized carbons (Fsp3) is 0.262. The number of fused-ring (bicyclic) bond motifs is 6. The van der Waals surface area contributed by atoms with Gasteiger partial charge >= 0.3 is 5.97 Å². The van der Waals surface area contributed by atoms with Gasteiger partial charge in [0.15, 0.2) is 11.2 Å². The van der Waals surface area contributed by atoms with Crippen molar-refractivity contribution in [2.24, 2.45) is 7.05 Å². The highest BCUT2D eigenvalue weighted by molar-refractivity contribution is 6.01. The molecule has 19 nitrogen and oxygen atoms in total. The maximum atomic E-state index is 13.7. The van der Waals surface area contributed by atoms with Crippen molar-refractivity contribution >= 4 is 58.0 Å². The molecule has 1 aliphatic heterocycles. The second kappa shape index (κ2) is 18.4. The number of aromatic amines is 1. The number of carboxylic acid groups (broad SMARTS) is 1. The molecule has 3 aromatic heterocycles. The topological polar surface area (TPSA) is 273 Å². The number of Topliss-reactive ketones (excluding diaryl/α,β-unsaturated/α-hetero) is 1. The van der Waals surface area contributed by atoms with Crippen LogP contribution in [-0.4, -0.2) is 82.1 Å². The van der Waals surface area contributed by atoms with Gasteiger partial charge in [-0.1, -0.05) is 47.7 Å². The van der Waals surface area contributed by atoms with Gasteiger partial charge in [-0.2, -0.15) is 4.98 Å². The number of aliphatic carboxylic acids is 1. The van der Waals surface area contributed by atoms with Crippen molar-refractivity contribution in [3.05, 3.63) is 106 Å². The van der Waals surface area contributed by atoms with E-state index in [1.807, 2.05) is 55.6 Å². The highest BCUT2D eigenvalue weighted by Gasteiger charge is 2.29. The average molecular weight is 827 g/mol. The Kier molecular flexibility index (Phi) is 12.5. The second-order valence-corrected chi connectivity index (χ2v) is 14.4. The predicted octanol–water partition coefficient (Wildman–Crippen LogP) is 3.13. The predicted molar refractivity (Wildman–Crippen MR) is 224 cm³/mol. The van der Waals surface area contributed by atoms with E-state index in [9.17, 15) is 33.9 Å². The Hall–Kier alpha value is -7.83. The number of carboxylic acids is 1. The largest absolute Gasteiger partial charge is 0.480 e. The molecule has 4 heterocycles. The Balaban J connectivity index is 0.833. The second-order valence-electron chi connectivity index (χ2n) is 14.4. The first kappa shape index (κ1) is 41.3. The molecular weight excluding hydrogens is 785 g/mol. The Bertz CT molecular complexity index is 2700. The molecule has 1 atom stereocenters. The number of hydrogen-bond acceptors (Lipinski definition) is 13. The van der Waals surface area contributed by atoms with Crippen LogP contribution in [0.3, 0.4) is 0 Å². The molecule has 0 saturated carbocycles. The zero-order valence-electron chi connectivity index (χ0n) is 33.1. The van der Waals surface area contributed by atoms with E-state index in [2.05, 4.69) is 46.2 Å². The minimum Gasteiger partial charge on any atom is -0.480 e. The first-order valence-corrected chi connectivity index (χ1v) is 19.5. The van der Waals surface area contributed by atoms with Crippen molar-refractivity contribution in [2.45, 2.75) is 57.7 Å². The van der Waals surface area contributed by atoms with Crippen LogP contribution in [0.4, 0.5) is 17.3 Å². The van der Waals surface area contributed by atoms with E-state index < -0.39 is 23.5 Å². The van der Waals surface area contributed by atoms with Gasteiger partial charge in [-0.05, 0) is 48.7 Å². The van der Waals surface area contributed by atoms with Gasteiger partial charge in [-0.15, -0.1) is 5.10 Å². The van der Waals surface area contributed by atoms with Crippen LogP contribution < -0.4 is 32.1 Å². The summed E-state index contributed by atoms with van der Waals surface area (Å²) in [6.07, 6.45) is 1.57. The summed E-state index contributed by atoms with van der Waals surface area (Å²) in [6, 6.07) is 20.2. The Morgan fingerprint density at radius 1 is 0.918 bits per heavy atom. The zero-order valence-corrected chi connectivity index (χ0v) is 33.1. The van der Waals surface area contributed by atoms with Crippen molar-refractivity contribution in [3.8, 4) is 22.5 Å². The van der Waals surface area contributed by atoms with Gasteiger partial charge in [-0.3, -0.25) is 29.0 Å². The standard InChI is InChI=1S/C42H42N12O7/c1-53-37-30-10-4-5-11-32(30)54(23-25-7-2-3-9-29(25)35(37)51-52-53)34(57)19-18-33(56)44-20-6-8-28(55)16-17-31(41(60)61)48-39(58)24-12-14-26(15-13-24)45-21-27-22-46-38-36(47-27)40(59)50-42(43)49-38/h2-5,7,9-15,22,31,45H,6,8,16-21,23H2,1H3,(H,44,56)(H,48,58)(H,60,61)(H3,43,46,49,50,59)/t31-/m0/s1. The number of aryl methyl sites for hydroxylation is 1. The van der Waals surface area contributed by atoms with E-state index in [-0.39, 0.29) is 92.0 Å². The van der Waals surface area contributed by atoms with Gasteiger partial charge in [0.2, 0.25) is 17.8 Å². The minimum atomic E-state index is -1.30. The molecular formula is C42H42N12O7. The van der Waals surface area contributed by atoms with E-state index in [0.29, 0.717) is 23.5 Å². The summed E-state index contributed by atoms with van der Waals surface area (Å²) in [7, 11) is 1.81. The number of carbonyl (C=O) groups is 5. The Morgan fingerprint density at radius 2 is 1.67 bits per heavy atom. The fourth-order valence-electron chi connectivity index (χ4n) is 6.99. The molecule has 0 unspecified atom stereocenters. The van der Waals surface area contributed by atoms with Crippen LogP contribution >= 0.6 is 0 Å². The van der Waals surface area contributed by atoms with Crippen LogP contribution in [0.15, 0.2) is 83.8 Å². The van der Waals surface area contributed by atoms with Crippen LogP contribution in [-0.2, 0) is 39.3 Å². The van der Waals surface area contributed by atoms with Gasteiger partial charge in [0.1, 0.15) is 17.5 Å². The van der Waals surface area contributed by atoms with Crippen LogP contribution in [0.5, 0.6) is 0 Å². The van der Waals surface area contributed by atoms with E-state index >= 15 is 0 Å².